The number of furan rings is 1. The lowest BCUT2D eigenvalue weighted by Gasteiger charge is -2.31. The number of likely N-dealkylation sites (tertiary alicyclic amines) is 1. The van der Waals surface area contributed by atoms with E-state index in [1.54, 1.807) is 17.0 Å². The summed E-state index contributed by atoms with van der Waals surface area (Å²) in [6.07, 6.45) is 1.43. The first-order valence-corrected chi connectivity index (χ1v) is 9.13. The molecule has 1 amide bonds. The Labute approximate surface area is 154 Å². The Hall–Kier alpha value is -2.61. The molecule has 2 aromatic heterocycles. The van der Waals surface area contributed by atoms with Gasteiger partial charge in [-0.05, 0) is 36.4 Å². The van der Waals surface area contributed by atoms with Crippen LogP contribution in [0.5, 0.6) is 0 Å². The molecule has 26 heavy (non-hydrogen) atoms. The van der Waals surface area contributed by atoms with Crippen LogP contribution in [0.2, 0.25) is 0 Å². The van der Waals surface area contributed by atoms with Crippen LogP contribution in [0.3, 0.4) is 0 Å². The second kappa shape index (κ2) is 8.18. The lowest BCUT2D eigenvalue weighted by Crippen LogP contribution is -2.42. The molecule has 1 saturated heterocycles. The molecule has 2 aromatic rings. The van der Waals surface area contributed by atoms with E-state index in [0.29, 0.717) is 30.1 Å². The van der Waals surface area contributed by atoms with Crippen molar-refractivity contribution in [2.24, 2.45) is 5.92 Å². The molecule has 0 aliphatic carbocycles. The van der Waals surface area contributed by atoms with Crippen LogP contribution in [-0.2, 0) is 20.9 Å². The number of nitrogens with zero attached hydrogens (tertiary/aromatic N) is 1. The molecule has 0 bridgehead atoms. The molecule has 1 aliphatic heterocycles. The van der Waals surface area contributed by atoms with Gasteiger partial charge < -0.3 is 18.8 Å². The third-order valence-corrected chi connectivity index (χ3v) is 5.04. The van der Waals surface area contributed by atoms with Crippen LogP contribution < -0.4 is 0 Å². The number of thiophene rings is 1. The van der Waals surface area contributed by atoms with Gasteiger partial charge in [0.2, 0.25) is 5.76 Å². The van der Waals surface area contributed by atoms with Crippen molar-refractivity contribution in [1.82, 2.24) is 4.90 Å². The molecular formula is C18H19NO6S. The van der Waals surface area contributed by atoms with E-state index in [-0.39, 0.29) is 30.2 Å². The highest BCUT2D eigenvalue weighted by Gasteiger charge is 2.30. The topological polar surface area (TPSA) is 86.0 Å². The van der Waals surface area contributed by atoms with Gasteiger partial charge in [-0.3, -0.25) is 9.59 Å². The number of carbonyl (C=O) groups excluding carboxylic acids is 3. The minimum absolute atomic E-state index is 0.0498. The van der Waals surface area contributed by atoms with Gasteiger partial charge in [0.15, 0.2) is 0 Å². The zero-order valence-electron chi connectivity index (χ0n) is 14.3. The van der Waals surface area contributed by atoms with E-state index < -0.39 is 5.97 Å². The summed E-state index contributed by atoms with van der Waals surface area (Å²) in [5.41, 5.74) is 0. The smallest absolute Gasteiger partial charge is 0.373 e. The molecule has 0 saturated carbocycles. The minimum Gasteiger partial charge on any atom is -0.463 e. The van der Waals surface area contributed by atoms with Crippen molar-refractivity contribution in [2.45, 2.75) is 19.4 Å². The molecule has 1 aliphatic rings. The van der Waals surface area contributed by atoms with Crippen LogP contribution in [0.4, 0.5) is 0 Å². The second-order valence-corrected chi connectivity index (χ2v) is 6.88. The third-order valence-electron chi connectivity index (χ3n) is 4.18. The van der Waals surface area contributed by atoms with E-state index in [0.717, 1.165) is 6.42 Å². The van der Waals surface area contributed by atoms with Gasteiger partial charge in [0, 0.05) is 13.1 Å². The van der Waals surface area contributed by atoms with Crippen LogP contribution >= 0.6 is 11.3 Å². The number of hydrogen-bond acceptors (Lipinski definition) is 7. The van der Waals surface area contributed by atoms with Gasteiger partial charge in [0.05, 0.1) is 17.9 Å². The number of esters is 2. The largest absolute Gasteiger partial charge is 0.463 e. The molecule has 138 valence electrons. The molecule has 1 atom stereocenters. The van der Waals surface area contributed by atoms with Crippen LogP contribution in [0.15, 0.2) is 34.1 Å². The highest BCUT2D eigenvalue weighted by atomic mass is 32.1. The first-order valence-electron chi connectivity index (χ1n) is 8.25. The molecule has 3 rings (SSSR count). The Kier molecular flexibility index (Phi) is 5.72. The molecule has 0 radical (unpaired) electrons. The fourth-order valence-corrected chi connectivity index (χ4v) is 3.53. The summed E-state index contributed by atoms with van der Waals surface area (Å²) in [6, 6.07) is 6.65. The van der Waals surface area contributed by atoms with Crippen molar-refractivity contribution in [3.8, 4) is 0 Å². The summed E-state index contributed by atoms with van der Waals surface area (Å²) >= 11 is 1.39. The Balaban J connectivity index is 1.53. The SMILES string of the molecule is COC(=O)c1ccc(COC(=O)C2CCCN(C(=O)c3cccs3)C2)o1. The van der Waals surface area contributed by atoms with Crippen LogP contribution in [0, 0.1) is 5.92 Å². The molecule has 0 spiro atoms. The van der Waals surface area contributed by atoms with E-state index in [9.17, 15) is 14.4 Å². The molecule has 0 aromatic carbocycles. The molecular weight excluding hydrogens is 358 g/mol. The Bertz CT molecular complexity index is 781. The van der Waals surface area contributed by atoms with Gasteiger partial charge in [0.1, 0.15) is 12.4 Å². The Morgan fingerprint density at radius 2 is 2.15 bits per heavy atom. The van der Waals surface area contributed by atoms with Gasteiger partial charge in [-0.1, -0.05) is 6.07 Å². The van der Waals surface area contributed by atoms with Gasteiger partial charge in [-0.2, -0.15) is 0 Å². The molecule has 1 fully saturated rings. The fraction of sp³-hybridized carbons (Fsp3) is 0.389. The van der Waals surface area contributed by atoms with Gasteiger partial charge >= 0.3 is 11.9 Å². The summed E-state index contributed by atoms with van der Waals surface area (Å²) in [7, 11) is 1.26. The van der Waals surface area contributed by atoms with Gasteiger partial charge in [-0.15, -0.1) is 11.3 Å². The molecule has 0 N–H and O–H groups in total. The second-order valence-electron chi connectivity index (χ2n) is 5.93. The first kappa shape index (κ1) is 18.2. The standard InChI is InChI=1S/C18H19NO6S/c1-23-18(22)14-7-6-13(25-14)11-24-17(21)12-4-2-8-19(10-12)16(20)15-5-3-9-26-15/h3,5-7,9,12H,2,4,8,10-11H2,1H3. The van der Waals surface area contributed by atoms with Crippen LogP contribution in [0.25, 0.3) is 0 Å². The average Bonchev–Trinajstić information content (AvgIpc) is 3.37. The van der Waals surface area contributed by atoms with E-state index >= 15 is 0 Å². The van der Waals surface area contributed by atoms with Gasteiger partial charge in [0.25, 0.3) is 5.91 Å². The van der Waals surface area contributed by atoms with Crippen molar-refractivity contribution < 1.29 is 28.3 Å². The predicted molar refractivity (Wildman–Crippen MR) is 92.8 cm³/mol. The summed E-state index contributed by atoms with van der Waals surface area (Å²) in [5.74, 6) is -0.943. The number of rotatable bonds is 5. The van der Waals surface area contributed by atoms with Crippen LogP contribution in [0.1, 0.15) is 38.8 Å². The normalized spacial score (nSPS) is 17.0. The average molecular weight is 377 g/mol. The lowest BCUT2D eigenvalue weighted by atomic mass is 9.98. The quantitative estimate of drug-likeness (QED) is 0.745. The number of amides is 1. The monoisotopic (exact) mass is 377 g/mol. The molecule has 3 heterocycles. The highest BCUT2D eigenvalue weighted by molar-refractivity contribution is 7.12. The van der Waals surface area contributed by atoms with Crippen molar-refractivity contribution in [1.29, 1.82) is 0 Å². The summed E-state index contributed by atoms with van der Waals surface area (Å²) < 4.78 is 15.1. The van der Waals surface area contributed by atoms with Gasteiger partial charge in [-0.25, -0.2) is 4.79 Å². The van der Waals surface area contributed by atoms with E-state index in [1.807, 2.05) is 11.4 Å². The van der Waals surface area contributed by atoms with E-state index in [2.05, 4.69) is 4.74 Å². The number of methoxy groups -OCH3 is 1. The first-order chi connectivity index (χ1) is 12.6. The minimum atomic E-state index is -0.586. The Morgan fingerprint density at radius 3 is 2.88 bits per heavy atom. The maximum Gasteiger partial charge on any atom is 0.373 e. The molecule has 7 nitrogen and oxygen atoms in total. The number of piperidine rings is 1. The van der Waals surface area contributed by atoms with E-state index in [4.69, 9.17) is 9.15 Å². The third kappa shape index (κ3) is 4.13. The zero-order valence-corrected chi connectivity index (χ0v) is 15.1. The molecule has 8 heteroatoms. The number of ether oxygens (including phenoxy) is 2. The van der Waals surface area contributed by atoms with Crippen molar-refractivity contribution >= 4 is 29.2 Å². The lowest BCUT2D eigenvalue weighted by molar-refractivity contribution is -0.152. The summed E-state index contributed by atoms with van der Waals surface area (Å²) in [5, 5.41) is 1.86. The fourth-order valence-electron chi connectivity index (χ4n) is 2.84. The Morgan fingerprint density at radius 1 is 1.31 bits per heavy atom. The van der Waals surface area contributed by atoms with E-state index in [1.165, 1.54) is 24.5 Å². The molecule has 1 unspecified atom stereocenters. The van der Waals surface area contributed by atoms with Crippen molar-refractivity contribution in [3.63, 3.8) is 0 Å². The zero-order chi connectivity index (χ0) is 18.5. The van der Waals surface area contributed by atoms with Crippen LogP contribution in [-0.4, -0.2) is 42.9 Å². The summed E-state index contributed by atoms with van der Waals surface area (Å²) in [6.45, 7) is 0.924. The maximum absolute atomic E-state index is 12.4. The highest BCUT2D eigenvalue weighted by Crippen LogP contribution is 2.22. The summed E-state index contributed by atoms with van der Waals surface area (Å²) in [4.78, 5) is 38.5. The number of carbonyl (C=O) groups is 3. The predicted octanol–water partition coefficient (Wildman–Crippen LogP) is 2.72. The van der Waals surface area contributed by atoms with Crippen molar-refractivity contribution in [2.75, 3.05) is 20.2 Å². The maximum atomic E-state index is 12.4. The van der Waals surface area contributed by atoms with Crippen molar-refractivity contribution in [3.05, 3.63) is 46.0 Å². The number of hydrogen-bond donors (Lipinski definition) is 0.